The number of nitro groups is 1. The largest absolute Gasteiger partial charge is 0.338 e. The van der Waals surface area contributed by atoms with E-state index in [1.807, 2.05) is 18.9 Å². The van der Waals surface area contributed by atoms with E-state index in [9.17, 15) is 14.5 Å². The molecule has 0 aliphatic carbocycles. The first-order valence-corrected chi connectivity index (χ1v) is 7.98. The van der Waals surface area contributed by atoms with Gasteiger partial charge in [-0.2, -0.15) is 4.98 Å². The van der Waals surface area contributed by atoms with E-state index in [0.29, 0.717) is 29.4 Å². The average Bonchev–Trinajstić information content (AvgIpc) is 3.10. The van der Waals surface area contributed by atoms with E-state index in [0.717, 1.165) is 0 Å². The zero-order valence-electron chi connectivity index (χ0n) is 14.3. The highest BCUT2D eigenvalue weighted by Gasteiger charge is 2.18. The fraction of sp³-hybridized carbons (Fsp3) is 0.222. The summed E-state index contributed by atoms with van der Waals surface area (Å²) in [6, 6.07) is 12.4. The van der Waals surface area contributed by atoms with Gasteiger partial charge in [-0.1, -0.05) is 23.4 Å². The molecule has 3 rings (SSSR count). The Morgan fingerprint density at radius 2 is 1.92 bits per heavy atom. The fourth-order valence-corrected chi connectivity index (χ4v) is 2.57. The first-order valence-electron chi connectivity index (χ1n) is 7.98. The number of benzene rings is 2. The van der Waals surface area contributed by atoms with Crippen molar-refractivity contribution < 1.29 is 13.8 Å². The van der Waals surface area contributed by atoms with Crippen LogP contribution in [0.25, 0.3) is 11.4 Å². The number of aromatic nitrogens is 2. The van der Waals surface area contributed by atoms with Crippen molar-refractivity contribution in [1.82, 2.24) is 15.0 Å². The van der Waals surface area contributed by atoms with E-state index in [1.54, 1.807) is 30.3 Å². The lowest BCUT2D eigenvalue weighted by atomic mass is 10.1. The molecule has 0 saturated heterocycles. The molecule has 1 atom stereocenters. The molecule has 0 spiro atoms. The summed E-state index contributed by atoms with van der Waals surface area (Å²) >= 11 is 0. The maximum absolute atomic E-state index is 13.9. The van der Waals surface area contributed by atoms with E-state index < -0.39 is 4.92 Å². The lowest BCUT2D eigenvalue weighted by Crippen LogP contribution is -2.22. The number of nitrogens with zero attached hydrogens (tertiary/aromatic N) is 4. The van der Waals surface area contributed by atoms with Crippen LogP contribution >= 0.6 is 0 Å². The number of halogens is 1. The van der Waals surface area contributed by atoms with Crippen LogP contribution in [0, 0.1) is 15.9 Å². The highest BCUT2D eigenvalue weighted by molar-refractivity contribution is 5.56. The highest BCUT2D eigenvalue weighted by Crippen LogP contribution is 2.24. The van der Waals surface area contributed by atoms with Gasteiger partial charge in [0.1, 0.15) is 5.82 Å². The van der Waals surface area contributed by atoms with Crippen molar-refractivity contribution in [2.24, 2.45) is 0 Å². The van der Waals surface area contributed by atoms with Crippen LogP contribution in [-0.4, -0.2) is 27.0 Å². The predicted molar refractivity (Wildman–Crippen MR) is 92.7 cm³/mol. The van der Waals surface area contributed by atoms with Crippen LogP contribution in [0.2, 0.25) is 0 Å². The Balaban J connectivity index is 1.71. The number of rotatable bonds is 6. The van der Waals surface area contributed by atoms with E-state index in [1.165, 1.54) is 18.2 Å². The van der Waals surface area contributed by atoms with E-state index in [-0.39, 0.29) is 17.5 Å². The first-order chi connectivity index (χ1) is 12.5. The van der Waals surface area contributed by atoms with E-state index in [2.05, 4.69) is 10.1 Å². The summed E-state index contributed by atoms with van der Waals surface area (Å²) in [5.41, 5.74) is 1.21. The predicted octanol–water partition coefficient (Wildman–Crippen LogP) is 3.98. The summed E-state index contributed by atoms with van der Waals surface area (Å²) < 4.78 is 19.2. The highest BCUT2D eigenvalue weighted by atomic mass is 19.1. The molecular formula is C18H17FN4O3. The number of hydrogen-bond acceptors (Lipinski definition) is 6. The zero-order valence-corrected chi connectivity index (χ0v) is 14.3. The molecule has 8 heteroatoms. The molecule has 2 aromatic carbocycles. The maximum Gasteiger partial charge on any atom is 0.269 e. The number of nitro benzene ring substituents is 1. The quantitative estimate of drug-likeness (QED) is 0.491. The molecule has 0 radical (unpaired) electrons. The molecule has 0 aliphatic rings. The fourth-order valence-electron chi connectivity index (χ4n) is 2.57. The number of non-ortho nitro benzene ring substituents is 1. The van der Waals surface area contributed by atoms with Gasteiger partial charge >= 0.3 is 0 Å². The molecule has 0 amide bonds. The van der Waals surface area contributed by atoms with Crippen molar-refractivity contribution in [2.45, 2.75) is 19.5 Å². The van der Waals surface area contributed by atoms with Crippen molar-refractivity contribution in [3.8, 4) is 11.4 Å². The lowest BCUT2D eigenvalue weighted by molar-refractivity contribution is -0.384. The Labute approximate surface area is 149 Å². The topological polar surface area (TPSA) is 85.3 Å². The molecule has 0 saturated carbocycles. The van der Waals surface area contributed by atoms with Gasteiger partial charge in [0.05, 0.1) is 11.5 Å². The van der Waals surface area contributed by atoms with Crippen molar-refractivity contribution in [2.75, 3.05) is 7.05 Å². The Hall–Kier alpha value is -3.13. The minimum absolute atomic E-state index is 0.00378. The van der Waals surface area contributed by atoms with E-state index in [4.69, 9.17) is 4.52 Å². The van der Waals surface area contributed by atoms with Gasteiger partial charge in [0.2, 0.25) is 11.7 Å². The lowest BCUT2D eigenvalue weighted by Gasteiger charge is -2.23. The van der Waals surface area contributed by atoms with E-state index >= 15 is 0 Å². The molecule has 3 aromatic rings. The van der Waals surface area contributed by atoms with Crippen LogP contribution in [-0.2, 0) is 6.54 Å². The van der Waals surface area contributed by atoms with Crippen LogP contribution in [0.3, 0.4) is 0 Å². The molecular weight excluding hydrogens is 339 g/mol. The monoisotopic (exact) mass is 356 g/mol. The third-order valence-electron chi connectivity index (χ3n) is 4.21. The van der Waals surface area contributed by atoms with Crippen LogP contribution in [0.1, 0.15) is 24.4 Å². The molecule has 0 N–H and O–H groups in total. The van der Waals surface area contributed by atoms with Gasteiger partial charge in [0.15, 0.2) is 0 Å². The normalized spacial score (nSPS) is 12.3. The molecule has 26 heavy (non-hydrogen) atoms. The second-order valence-electron chi connectivity index (χ2n) is 5.93. The van der Waals surface area contributed by atoms with Crippen LogP contribution in [0.15, 0.2) is 53.1 Å². The van der Waals surface area contributed by atoms with Gasteiger partial charge in [-0.15, -0.1) is 0 Å². The van der Waals surface area contributed by atoms with Crippen molar-refractivity contribution in [3.05, 3.63) is 75.9 Å². The molecule has 0 bridgehead atoms. The average molecular weight is 356 g/mol. The molecule has 0 fully saturated rings. The molecule has 1 aromatic heterocycles. The van der Waals surface area contributed by atoms with Crippen molar-refractivity contribution >= 4 is 5.69 Å². The number of hydrogen-bond donors (Lipinski definition) is 0. The second-order valence-corrected chi connectivity index (χ2v) is 5.93. The molecule has 1 unspecified atom stereocenters. The standard InChI is InChI=1S/C18H17FN4O3/c1-12(15-5-3-4-6-16(15)19)22(2)11-17-20-18(21-26-17)13-7-9-14(10-8-13)23(24)25/h3-10,12H,11H2,1-2H3. The Morgan fingerprint density at radius 1 is 1.23 bits per heavy atom. The summed E-state index contributed by atoms with van der Waals surface area (Å²) in [7, 11) is 1.84. The summed E-state index contributed by atoms with van der Waals surface area (Å²) in [6.45, 7) is 2.24. The zero-order chi connectivity index (χ0) is 18.7. The smallest absolute Gasteiger partial charge is 0.269 e. The van der Waals surface area contributed by atoms with Gasteiger partial charge in [-0.3, -0.25) is 15.0 Å². The van der Waals surface area contributed by atoms with Crippen LogP contribution < -0.4 is 0 Å². The Bertz CT molecular complexity index is 911. The van der Waals surface area contributed by atoms with Gasteiger partial charge < -0.3 is 4.52 Å². The van der Waals surface area contributed by atoms with Crippen molar-refractivity contribution in [1.29, 1.82) is 0 Å². The first kappa shape index (κ1) is 17.7. The Kier molecular flexibility index (Phi) is 5.04. The molecule has 134 valence electrons. The summed E-state index contributed by atoms with van der Waals surface area (Å²) in [5.74, 6) is 0.467. The summed E-state index contributed by atoms with van der Waals surface area (Å²) in [5, 5.41) is 14.6. The molecule has 1 heterocycles. The van der Waals surface area contributed by atoms with Gasteiger partial charge in [0, 0.05) is 29.3 Å². The Morgan fingerprint density at radius 3 is 2.58 bits per heavy atom. The minimum Gasteiger partial charge on any atom is -0.338 e. The second kappa shape index (κ2) is 7.40. The van der Waals surface area contributed by atoms with Crippen LogP contribution in [0.5, 0.6) is 0 Å². The SMILES string of the molecule is CC(c1ccccc1F)N(C)Cc1nc(-c2ccc([N+](=O)[O-])cc2)no1. The molecule has 7 nitrogen and oxygen atoms in total. The summed E-state index contributed by atoms with van der Waals surface area (Å²) in [4.78, 5) is 16.4. The van der Waals surface area contributed by atoms with Crippen molar-refractivity contribution in [3.63, 3.8) is 0 Å². The maximum atomic E-state index is 13.9. The van der Waals surface area contributed by atoms with Gasteiger partial charge in [0.25, 0.3) is 5.69 Å². The van der Waals surface area contributed by atoms with Gasteiger partial charge in [-0.25, -0.2) is 4.39 Å². The summed E-state index contributed by atoms with van der Waals surface area (Å²) in [6.07, 6.45) is 0. The third kappa shape index (κ3) is 3.75. The third-order valence-corrected chi connectivity index (χ3v) is 4.21. The molecule has 0 aliphatic heterocycles. The van der Waals surface area contributed by atoms with Gasteiger partial charge in [-0.05, 0) is 32.2 Å². The van der Waals surface area contributed by atoms with Crippen LogP contribution in [0.4, 0.5) is 10.1 Å². The minimum atomic E-state index is -0.468.